The van der Waals surface area contributed by atoms with Crippen molar-refractivity contribution in [2.75, 3.05) is 17.2 Å². The summed E-state index contributed by atoms with van der Waals surface area (Å²) in [5, 5.41) is 5.93. The van der Waals surface area contributed by atoms with Crippen LogP contribution in [0, 0.1) is 0 Å². The molecular formula is C21H20N4O3. The molecule has 0 unspecified atom stereocenters. The second-order valence-electron chi connectivity index (χ2n) is 5.86. The van der Waals surface area contributed by atoms with E-state index in [2.05, 4.69) is 20.6 Å². The molecule has 0 aliphatic heterocycles. The zero-order chi connectivity index (χ0) is 19.8. The third kappa shape index (κ3) is 4.91. The predicted molar refractivity (Wildman–Crippen MR) is 106 cm³/mol. The molecule has 7 heteroatoms. The monoisotopic (exact) mass is 376 g/mol. The van der Waals surface area contributed by atoms with E-state index in [9.17, 15) is 9.59 Å². The van der Waals surface area contributed by atoms with Crippen molar-refractivity contribution in [3.05, 3.63) is 83.9 Å². The molecule has 0 aliphatic rings. The number of nitrogens with zero attached hydrogens (tertiary/aromatic N) is 2. The lowest BCUT2D eigenvalue weighted by atomic mass is 10.1. The molecule has 0 atom stereocenters. The van der Waals surface area contributed by atoms with E-state index in [0.29, 0.717) is 29.0 Å². The largest absolute Gasteiger partial charge is 0.462 e. The van der Waals surface area contributed by atoms with Crippen LogP contribution in [0.5, 0.6) is 0 Å². The number of pyridine rings is 2. The highest BCUT2D eigenvalue weighted by Crippen LogP contribution is 2.18. The number of carbonyl (C=O) groups excluding carboxylic acids is 2. The number of rotatable bonds is 7. The first-order valence-corrected chi connectivity index (χ1v) is 8.83. The number of esters is 1. The molecule has 0 saturated heterocycles. The second-order valence-corrected chi connectivity index (χ2v) is 5.86. The lowest BCUT2D eigenvalue weighted by Gasteiger charge is -2.11. The van der Waals surface area contributed by atoms with Crippen molar-refractivity contribution < 1.29 is 14.3 Å². The minimum Gasteiger partial charge on any atom is -0.462 e. The molecule has 0 bridgehead atoms. The number of hydrogen-bond acceptors (Lipinski definition) is 6. The van der Waals surface area contributed by atoms with Gasteiger partial charge in [-0.15, -0.1) is 0 Å². The summed E-state index contributed by atoms with van der Waals surface area (Å²) in [6, 6.07) is 14.1. The zero-order valence-corrected chi connectivity index (χ0v) is 15.4. The number of hydrogen-bond donors (Lipinski definition) is 2. The fourth-order valence-corrected chi connectivity index (χ4v) is 2.53. The first-order chi connectivity index (χ1) is 13.7. The number of para-hydroxylation sites is 1. The first-order valence-electron chi connectivity index (χ1n) is 8.83. The van der Waals surface area contributed by atoms with Gasteiger partial charge in [-0.25, -0.2) is 4.79 Å². The van der Waals surface area contributed by atoms with E-state index in [1.165, 1.54) is 6.20 Å². The van der Waals surface area contributed by atoms with Crippen molar-refractivity contribution in [2.24, 2.45) is 0 Å². The van der Waals surface area contributed by atoms with E-state index in [-0.39, 0.29) is 12.5 Å². The molecule has 0 fully saturated rings. The Balaban J connectivity index is 1.71. The van der Waals surface area contributed by atoms with Crippen LogP contribution in [0.4, 0.5) is 11.4 Å². The lowest BCUT2D eigenvalue weighted by Crippen LogP contribution is -2.16. The first kappa shape index (κ1) is 19.0. The zero-order valence-electron chi connectivity index (χ0n) is 15.4. The molecule has 3 aromatic rings. The topological polar surface area (TPSA) is 93.2 Å². The van der Waals surface area contributed by atoms with Crippen LogP contribution in [0.25, 0.3) is 0 Å². The highest BCUT2D eigenvalue weighted by Gasteiger charge is 2.15. The van der Waals surface area contributed by atoms with Crippen LogP contribution >= 0.6 is 0 Å². The predicted octanol–water partition coefficient (Wildman–Crippen LogP) is 3.52. The summed E-state index contributed by atoms with van der Waals surface area (Å²) in [6.45, 7) is 2.50. The molecule has 0 aliphatic carbocycles. The maximum Gasteiger partial charge on any atom is 0.340 e. The third-order valence-corrected chi connectivity index (χ3v) is 3.87. The summed E-state index contributed by atoms with van der Waals surface area (Å²) in [4.78, 5) is 33.0. The van der Waals surface area contributed by atoms with Gasteiger partial charge in [-0.3, -0.25) is 14.8 Å². The Morgan fingerprint density at radius 2 is 1.89 bits per heavy atom. The standard InChI is InChI=1S/C21H20N4O3/c1-2-28-21(27)18-8-3-4-9-19(18)25-20(26)15-11-17(13-22-12-15)24-14-16-7-5-6-10-23-16/h3-13,24H,2,14H2,1H3,(H,25,26). The van der Waals surface area contributed by atoms with Gasteiger partial charge in [-0.2, -0.15) is 0 Å². The van der Waals surface area contributed by atoms with Gasteiger partial charge in [0.2, 0.25) is 0 Å². The van der Waals surface area contributed by atoms with Crippen molar-refractivity contribution in [2.45, 2.75) is 13.5 Å². The van der Waals surface area contributed by atoms with Gasteiger partial charge in [0.15, 0.2) is 0 Å². The van der Waals surface area contributed by atoms with E-state index in [4.69, 9.17) is 4.74 Å². The second kappa shape index (κ2) is 9.27. The van der Waals surface area contributed by atoms with Crippen molar-refractivity contribution >= 4 is 23.3 Å². The fraction of sp³-hybridized carbons (Fsp3) is 0.143. The Kier molecular flexibility index (Phi) is 6.30. The SMILES string of the molecule is CCOC(=O)c1ccccc1NC(=O)c1cncc(NCc2ccccn2)c1. The molecule has 0 saturated carbocycles. The maximum atomic E-state index is 12.6. The van der Waals surface area contributed by atoms with Crippen molar-refractivity contribution in [1.82, 2.24) is 9.97 Å². The Hall–Kier alpha value is -3.74. The van der Waals surface area contributed by atoms with E-state index < -0.39 is 5.97 Å². The summed E-state index contributed by atoms with van der Waals surface area (Å²) in [5.74, 6) is -0.854. The highest BCUT2D eigenvalue weighted by atomic mass is 16.5. The van der Waals surface area contributed by atoms with E-state index in [0.717, 1.165) is 5.69 Å². The van der Waals surface area contributed by atoms with Gasteiger partial charge in [0.1, 0.15) is 0 Å². The fourth-order valence-electron chi connectivity index (χ4n) is 2.53. The summed E-state index contributed by atoms with van der Waals surface area (Å²) >= 11 is 0. The van der Waals surface area contributed by atoms with Gasteiger partial charge < -0.3 is 15.4 Å². The van der Waals surface area contributed by atoms with Crippen molar-refractivity contribution in [3.8, 4) is 0 Å². The average Bonchev–Trinajstić information content (AvgIpc) is 2.74. The smallest absolute Gasteiger partial charge is 0.340 e. The Morgan fingerprint density at radius 1 is 1.07 bits per heavy atom. The quantitative estimate of drug-likeness (QED) is 0.613. The normalized spacial score (nSPS) is 10.2. The minimum atomic E-state index is -0.484. The number of anilines is 2. The van der Waals surface area contributed by atoms with E-state index in [1.54, 1.807) is 49.6 Å². The number of benzene rings is 1. The van der Waals surface area contributed by atoms with Crippen LogP contribution in [-0.2, 0) is 11.3 Å². The molecule has 3 rings (SSSR count). The average molecular weight is 376 g/mol. The molecule has 7 nitrogen and oxygen atoms in total. The summed E-state index contributed by atoms with van der Waals surface area (Å²) in [5.41, 5.74) is 2.62. The highest BCUT2D eigenvalue weighted by molar-refractivity contribution is 6.08. The van der Waals surface area contributed by atoms with Crippen LogP contribution in [0.3, 0.4) is 0 Å². The van der Waals surface area contributed by atoms with Crippen LogP contribution in [0.15, 0.2) is 67.1 Å². The molecule has 0 spiro atoms. The molecule has 2 N–H and O–H groups in total. The summed E-state index contributed by atoms with van der Waals surface area (Å²) in [7, 11) is 0. The number of aromatic nitrogens is 2. The van der Waals surface area contributed by atoms with Gasteiger partial charge in [-0.1, -0.05) is 18.2 Å². The third-order valence-electron chi connectivity index (χ3n) is 3.87. The summed E-state index contributed by atoms with van der Waals surface area (Å²) < 4.78 is 5.03. The van der Waals surface area contributed by atoms with Crippen LogP contribution < -0.4 is 10.6 Å². The molecule has 1 aromatic carbocycles. The lowest BCUT2D eigenvalue weighted by molar-refractivity contribution is 0.0527. The van der Waals surface area contributed by atoms with Crippen LogP contribution in [0.2, 0.25) is 0 Å². The summed E-state index contributed by atoms with van der Waals surface area (Å²) in [6.07, 6.45) is 4.82. The Bertz CT molecular complexity index is 961. The van der Waals surface area contributed by atoms with Crippen molar-refractivity contribution in [1.29, 1.82) is 0 Å². The number of ether oxygens (including phenoxy) is 1. The van der Waals surface area contributed by atoms with Gasteiger partial charge in [0, 0.05) is 18.6 Å². The Labute approximate surface area is 162 Å². The maximum absolute atomic E-state index is 12.6. The van der Waals surface area contributed by atoms with Crippen LogP contribution in [-0.4, -0.2) is 28.5 Å². The van der Waals surface area contributed by atoms with Gasteiger partial charge >= 0.3 is 5.97 Å². The Morgan fingerprint density at radius 3 is 2.68 bits per heavy atom. The molecule has 1 amide bonds. The molecule has 28 heavy (non-hydrogen) atoms. The van der Waals surface area contributed by atoms with Gasteiger partial charge in [0.05, 0.1) is 41.3 Å². The number of carbonyl (C=O) groups is 2. The molecule has 0 radical (unpaired) electrons. The number of amides is 1. The molecule has 2 heterocycles. The molecular weight excluding hydrogens is 356 g/mol. The molecule has 142 valence electrons. The van der Waals surface area contributed by atoms with E-state index in [1.807, 2.05) is 18.2 Å². The van der Waals surface area contributed by atoms with Gasteiger partial charge in [0.25, 0.3) is 5.91 Å². The van der Waals surface area contributed by atoms with Crippen LogP contribution in [0.1, 0.15) is 33.3 Å². The minimum absolute atomic E-state index is 0.259. The van der Waals surface area contributed by atoms with E-state index >= 15 is 0 Å². The molecule has 2 aromatic heterocycles. The van der Waals surface area contributed by atoms with Gasteiger partial charge in [-0.05, 0) is 37.3 Å². The number of nitrogens with one attached hydrogen (secondary N) is 2. The van der Waals surface area contributed by atoms with Crippen molar-refractivity contribution in [3.63, 3.8) is 0 Å².